The molecule has 1 aromatic heterocycles. The molecule has 0 radical (unpaired) electrons. The van der Waals surface area contributed by atoms with Crippen molar-refractivity contribution in [2.75, 3.05) is 5.73 Å². The predicted molar refractivity (Wildman–Crippen MR) is 83.5 cm³/mol. The Balaban J connectivity index is 2.22. The number of nitrogens with zero attached hydrogens (tertiary/aromatic N) is 2. The normalized spacial score (nSPS) is 10.7. The Kier molecular flexibility index (Phi) is 3.20. The van der Waals surface area contributed by atoms with Gasteiger partial charge in [0.15, 0.2) is 0 Å². The summed E-state index contributed by atoms with van der Waals surface area (Å²) in [6, 6.07) is 17.7. The zero-order valence-electron chi connectivity index (χ0n) is 11.0. The van der Waals surface area contributed by atoms with Gasteiger partial charge in [-0.2, -0.15) is 5.10 Å². The third kappa shape index (κ3) is 2.17. The van der Waals surface area contributed by atoms with E-state index in [1.807, 2.05) is 61.6 Å². The van der Waals surface area contributed by atoms with Crippen molar-refractivity contribution >= 4 is 17.4 Å². The number of benzene rings is 2. The fraction of sp³-hybridized carbons (Fsp3) is 0.0625. The van der Waals surface area contributed by atoms with Crippen LogP contribution < -0.4 is 5.73 Å². The lowest BCUT2D eigenvalue weighted by atomic mass is 10.0. The first-order valence-corrected chi connectivity index (χ1v) is 6.68. The minimum atomic E-state index is 0.645. The van der Waals surface area contributed by atoms with Gasteiger partial charge in [0.25, 0.3) is 0 Å². The van der Waals surface area contributed by atoms with Gasteiger partial charge in [-0.3, -0.25) is 4.68 Å². The fourth-order valence-electron chi connectivity index (χ4n) is 2.24. The molecule has 0 aliphatic heterocycles. The molecule has 2 aromatic carbocycles. The van der Waals surface area contributed by atoms with E-state index < -0.39 is 0 Å². The monoisotopic (exact) mass is 283 g/mol. The van der Waals surface area contributed by atoms with Crippen LogP contribution in [0.25, 0.3) is 22.4 Å². The topological polar surface area (TPSA) is 43.8 Å². The largest absolute Gasteiger partial charge is 0.383 e. The lowest BCUT2D eigenvalue weighted by Gasteiger charge is -2.04. The van der Waals surface area contributed by atoms with Crippen molar-refractivity contribution in [3.63, 3.8) is 0 Å². The summed E-state index contributed by atoms with van der Waals surface area (Å²) in [7, 11) is 1.85. The summed E-state index contributed by atoms with van der Waals surface area (Å²) in [4.78, 5) is 0. The van der Waals surface area contributed by atoms with Gasteiger partial charge in [0.1, 0.15) is 11.5 Å². The highest BCUT2D eigenvalue weighted by Gasteiger charge is 2.16. The highest BCUT2D eigenvalue weighted by atomic mass is 35.5. The van der Waals surface area contributed by atoms with Crippen LogP contribution >= 0.6 is 11.6 Å². The van der Waals surface area contributed by atoms with Crippen molar-refractivity contribution in [2.24, 2.45) is 7.05 Å². The van der Waals surface area contributed by atoms with Crippen LogP contribution in [0.5, 0.6) is 0 Å². The summed E-state index contributed by atoms with van der Waals surface area (Å²) in [5, 5.41) is 5.24. The van der Waals surface area contributed by atoms with Crippen molar-refractivity contribution in [1.82, 2.24) is 9.78 Å². The Bertz CT molecular complexity index is 730. The molecule has 2 N–H and O–H groups in total. The molecule has 3 aromatic rings. The number of aryl methyl sites for hydroxylation is 1. The predicted octanol–water partition coefficient (Wildman–Crippen LogP) is 3.99. The summed E-state index contributed by atoms with van der Waals surface area (Å²) in [6.45, 7) is 0. The molecule has 0 fully saturated rings. The molecule has 0 saturated carbocycles. The molecule has 0 atom stereocenters. The van der Waals surface area contributed by atoms with E-state index in [0.717, 1.165) is 22.4 Å². The smallest absolute Gasteiger partial charge is 0.129 e. The van der Waals surface area contributed by atoms with Crippen LogP contribution in [0.4, 0.5) is 5.82 Å². The van der Waals surface area contributed by atoms with Gasteiger partial charge < -0.3 is 5.73 Å². The second-order valence-electron chi connectivity index (χ2n) is 4.61. The average molecular weight is 284 g/mol. The zero-order chi connectivity index (χ0) is 14.1. The van der Waals surface area contributed by atoms with E-state index in [4.69, 9.17) is 17.3 Å². The van der Waals surface area contributed by atoms with Crippen LogP contribution in [0, 0.1) is 0 Å². The molecule has 3 rings (SSSR count). The summed E-state index contributed by atoms with van der Waals surface area (Å²) in [5.41, 5.74) is 10.1. The Morgan fingerprint density at radius 1 is 0.950 bits per heavy atom. The molecular weight excluding hydrogens is 270 g/mol. The first-order valence-electron chi connectivity index (χ1n) is 6.30. The standard InChI is InChI=1S/C16H14ClN3/c1-20-16(18)14(11-7-9-13(17)10-8-11)15(19-20)12-5-3-2-4-6-12/h2-10H,18H2,1H3. The maximum absolute atomic E-state index is 6.18. The molecule has 0 unspecified atom stereocenters. The van der Waals surface area contributed by atoms with E-state index in [1.165, 1.54) is 0 Å². The van der Waals surface area contributed by atoms with Gasteiger partial charge in [-0.1, -0.05) is 54.1 Å². The second kappa shape index (κ2) is 5.02. The van der Waals surface area contributed by atoms with Crippen LogP contribution in [0.15, 0.2) is 54.6 Å². The molecule has 1 heterocycles. The number of halogens is 1. The van der Waals surface area contributed by atoms with Gasteiger partial charge in [-0.05, 0) is 17.7 Å². The van der Waals surface area contributed by atoms with E-state index in [0.29, 0.717) is 10.8 Å². The van der Waals surface area contributed by atoms with Crippen molar-refractivity contribution in [3.8, 4) is 22.4 Å². The van der Waals surface area contributed by atoms with Gasteiger partial charge in [-0.15, -0.1) is 0 Å². The molecule has 0 spiro atoms. The average Bonchev–Trinajstić information content (AvgIpc) is 2.77. The van der Waals surface area contributed by atoms with Crippen molar-refractivity contribution in [3.05, 3.63) is 59.6 Å². The number of anilines is 1. The maximum atomic E-state index is 6.18. The van der Waals surface area contributed by atoms with E-state index in [-0.39, 0.29) is 0 Å². The number of nitrogens with two attached hydrogens (primary N) is 1. The lowest BCUT2D eigenvalue weighted by molar-refractivity contribution is 0.782. The minimum absolute atomic E-state index is 0.645. The Hall–Kier alpha value is -2.26. The van der Waals surface area contributed by atoms with E-state index in [1.54, 1.807) is 4.68 Å². The Labute approximate surface area is 122 Å². The molecule has 3 nitrogen and oxygen atoms in total. The highest BCUT2D eigenvalue weighted by molar-refractivity contribution is 6.30. The lowest BCUT2D eigenvalue weighted by Crippen LogP contribution is -1.97. The molecular formula is C16H14ClN3. The first kappa shape index (κ1) is 12.8. The molecule has 0 aliphatic rings. The van der Waals surface area contributed by atoms with E-state index in [9.17, 15) is 0 Å². The highest BCUT2D eigenvalue weighted by Crippen LogP contribution is 2.36. The molecule has 20 heavy (non-hydrogen) atoms. The van der Waals surface area contributed by atoms with Gasteiger partial charge in [-0.25, -0.2) is 0 Å². The molecule has 4 heteroatoms. The third-order valence-electron chi connectivity index (χ3n) is 3.27. The molecule has 0 amide bonds. The van der Waals surface area contributed by atoms with Crippen LogP contribution in [0.3, 0.4) is 0 Å². The number of rotatable bonds is 2. The van der Waals surface area contributed by atoms with Crippen LogP contribution in [-0.4, -0.2) is 9.78 Å². The zero-order valence-corrected chi connectivity index (χ0v) is 11.8. The molecule has 0 bridgehead atoms. The number of hydrogen-bond donors (Lipinski definition) is 1. The third-order valence-corrected chi connectivity index (χ3v) is 3.52. The Morgan fingerprint density at radius 3 is 2.25 bits per heavy atom. The van der Waals surface area contributed by atoms with E-state index in [2.05, 4.69) is 5.10 Å². The number of hydrogen-bond acceptors (Lipinski definition) is 2. The molecule has 0 aliphatic carbocycles. The summed E-state index contributed by atoms with van der Waals surface area (Å²) in [6.07, 6.45) is 0. The maximum Gasteiger partial charge on any atom is 0.129 e. The van der Waals surface area contributed by atoms with Gasteiger partial charge in [0.05, 0.1) is 5.56 Å². The van der Waals surface area contributed by atoms with Gasteiger partial charge in [0, 0.05) is 17.6 Å². The van der Waals surface area contributed by atoms with Gasteiger partial charge >= 0.3 is 0 Å². The Morgan fingerprint density at radius 2 is 1.60 bits per heavy atom. The van der Waals surface area contributed by atoms with Crippen molar-refractivity contribution in [1.29, 1.82) is 0 Å². The second-order valence-corrected chi connectivity index (χ2v) is 5.04. The summed E-state index contributed by atoms with van der Waals surface area (Å²) < 4.78 is 1.70. The van der Waals surface area contributed by atoms with Crippen molar-refractivity contribution in [2.45, 2.75) is 0 Å². The molecule has 0 saturated heterocycles. The molecule has 100 valence electrons. The van der Waals surface area contributed by atoms with Crippen LogP contribution in [0.2, 0.25) is 5.02 Å². The SMILES string of the molecule is Cn1nc(-c2ccccc2)c(-c2ccc(Cl)cc2)c1N. The fourth-order valence-corrected chi connectivity index (χ4v) is 2.36. The van der Waals surface area contributed by atoms with E-state index >= 15 is 0 Å². The first-order chi connectivity index (χ1) is 9.66. The quantitative estimate of drug-likeness (QED) is 0.773. The minimum Gasteiger partial charge on any atom is -0.383 e. The number of nitrogen functional groups attached to an aromatic ring is 1. The van der Waals surface area contributed by atoms with Crippen LogP contribution in [0.1, 0.15) is 0 Å². The van der Waals surface area contributed by atoms with Crippen LogP contribution in [-0.2, 0) is 7.05 Å². The van der Waals surface area contributed by atoms with Gasteiger partial charge in [0.2, 0.25) is 0 Å². The number of aromatic nitrogens is 2. The summed E-state index contributed by atoms with van der Waals surface area (Å²) >= 11 is 5.95. The summed E-state index contributed by atoms with van der Waals surface area (Å²) in [5.74, 6) is 0.645. The van der Waals surface area contributed by atoms with Crippen molar-refractivity contribution < 1.29 is 0 Å².